The molecule has 0 radical (unpaired) electrons. The van der Waals surface area contributed by atoms with Gasteiger partial charge in [-0.2, -0.15) is 0 Å². The van der Waals surface area contributed by atoms with E-state index in [1.54, 1.807) is 12.1 Å². The number of carbonyl (C=O) groups is 2. The minimum absolute atomic E-state index is 0.0938. The van der Waals surface area contributed by atoms with Crippen LogP contribution in [0.15, 0.2) is 91.0 Å². The van der Waals surface area contributed by atoms with Gasteiger partial charge in [-0.1, -0.05) is 78.9 Å². The molecule has 3 atom stereocenters. The Balaban J connectivity index is 1.58. The topological polar surface area (TPSA) is 94.5 Å². The molecule has 2 aliphatic rings. The van der Waals surface area contributed by atoms with Crippen LogP contribution in [0.25, 0.3) is 11.1 Å². The summed E-state index contributed by atoms with van der Waals surface area (Å²) in [4.78, 5) is 29.9. The van der Waals surface area contributed by atoms with E-state index in [1.165, 1.54) is 28.4 Å². The second kappa shape index (κ2) is 11.2. The molecule has 1 heterocycles. The molecule has 0 saturated carbocycles. The van der Waals surface area contributed by atoms with E-state index in [2.05, 4.69) is 12.1 Å². The Bertz CT molecular complexity index is 1610. The molecule has 0 bridgehead atoms. The summed E-state index contributed by atoms with van der Waals surface area (Å²) in [5, 5.41) is 11.9. The zero-order valence-corrected chi connectivity index (χ0v) is 24.4. The van der Waals surface area contributed by atoms with Crippen molar-refractivity contribution in [2.24, 2.45) is 5.92 Å². The van der Waals surface area contributed by atoms with Crippen LogP contribution in [0, 0.1) is 5.92 Å². The predicted molar refractivity (Wildman–Crippen MR) is 160 cm³/mol. The van der Waals surface area contributed by atoms with Crippen molar-refractivity contribution in [3.63, 3.8) is 0 Å². The number of aliphatic hydroxyl groups excluding tert-OH is 1. The number of Topliss-reactive ketones (excluding diaryl/α,β-unsaturated/α-hetero) is 1. The number of nitrogens with zero attached hydrogens (tertiary/aromatic N) is 1. The number of methoxy groups -OCH3 is 4. The number of ketones is 1. The first kappa shape index (κ1) is 28.5. The highest BCUT2D eigenvalue weighted by Crippen LogP contribution is 2.57. The molecule has 0 amide bonds. The maximum Gasteiger partial charge on any atom is 0.324 e. The van der Waals surface area contributed by atoms with Crippen molar-refractivity contribution in [2.45, 2.75) is 17.7 Å². The number of aliphatic hydroxyl groups is 1. The fourth-order valence-corrected chi connectivity index (χ4v) is 6.97. The molecule has 4 aromatic rings. The number of likely N-dealkylation sites (tertiary alicyclic amines) is 1. The first-order chi connectivity index (χ1) is 20.9. The zero-order valence-electron chi connectivity index (χ0n) is 24.4. The summed E-state index contributed by atoms with van der Waals surface area (Å²) in [6.07, 6.45) is -1.38. The summed E-state index contributed by atoms with van der Waals surface area (Å²) in [6, 6.07) is 28.1. The van der Waals surface area contributed by atoms with Gasteiger partial charge in [-0.25, -0.2) is 0 Å². The molecule has 8 nitrogen and oxygen atoms in total. The van der Waals surface area contributed by atoms with Crippen molar-refractivity contribution in [2.75, 3.05) is 35.0 Å². The van der Waals surface area contributed by atoms with Crippen molar-refractivity contribution in [1.82, 2.24) is 4.90 Å². The van der Waals surface area contributed by atoms with Crippen LogP contribution in [0.5, 0.6) is 17.2 Å². The van der Waals surface area contributed by atoms with Gasteiger partial charge in [-0.05, 0) is 45.5 Å². The fourth-order valence-electron chi connectivity index (χ4n) is 6.97. The van der Waals surface area contributed by atoms with E-state index in [1.807, 2.05) is 71.6 Å². The predicted octanol–water partition coefficient (Wildman–Crippen LogP) is 4.76. The van der Waals surface area contributed by atoms with Crippen molar-refractivity contribution >= 4 is 11.8 Å². The standard InChI is InChI=1S/C35H33NO7/c1-40-28-18-21(19-29(41-2)33(28)42-3)32(38)30-27(37)20-36(31(30)34(39)43-4)35(22-12-6-5-7-13-22)25-16-10-8-14-23(25)24-15-9-11-17-26(24)35/h5-19,30-32,38H,20H2,1-4H3/t30-,31-,32-/m0/s1. The Hall–Kier alpha value is -4.66. The average Bonchev–Trinajstić information content (AvgIpc) is 3.56. The molecule has 0 spiro atoms. The SMILES string of the molecule is COC(=O)[C@@H]1[C@@H]([C@@H](O)c2cc(OC)c(OC)c(OC)c2)C(=O)CN1C1(c2ccccc2)c2ccccc2-c2ccccc21. The molecular weight excluding hydrogens is 546 g/mol. The maximum absolute atomic E-state index is 14.1. The number of rotatable bonds is 8. The Morgan fingerprint density at radius 1 is 0.814 bits per heavy atom. The minimum atomic E-state index is -1.38. The number of benzene rings is 4. The maximum atomic E-state index is 14.1. The highest BCUT2D eigenvalue weighted by atomic mass is 16.5. The van der Waals surface area contributed by atoms with E-state index in [9.17, 15) is 14.7 Å². The Labute approximate surface area is 250 Å². The second-order valence-electron chi connectivity index (χ2n) is 10.7. The van der Waals surface area contributed by atoms with E-state index >= 15 is 0 Å². The molecule has 1 fully saturated rings. The molecule has 1 N–H and O–H groups in total. The second-order valence-corrected chi connectivity index (χ2v) is 10.7. The van der Waals surface area contributed by atoms with Gasteiger partial charge in [0, 0.05) is 0 Å². The number of ether oxygens (including phenoxy) is 4. The molecule has 0 aromatic heterocycles. The van der Waals surface area contributed by atoms with Gasteiger partial charge in [0.05, 0.1) is 52.5 Å². The lowest BCUT2D eigenvalue weighted by molar-refractivity contribution is -0.151. The first-order valence-electron chi connectivity index (χ1n) is 14.0. The third-order valence-electron chi connectivity index (χ3n) is 8.73. The van der Waals surface area contributed by atoms with Crippen LogP contribution >= 0.6 is 0 Å². The summed E-state index contributed by atoms with van der Waals surface area (Å²) in [7, 11) is 5.75. The molecule has 1 aliphatic carbocycles. The van der Waals surface area contributed by atoms with Crippen LogP contribution in [0.4, 0.5) is 0 Å². The minimum Gasteiger partial charge on any atom is -0.493 e. The highest BCUT2D eigenvalue weighted by Gasteiger charge is 2.60. The van der Waals surface area contributed by atoms with E-state index in [-0.39, 0.29) is 12.3 Å². The van der Waals surface area contributed by atoms with Crippen LogP contribution < -0.4 is 14.2 Å². The highest BCUT2D eigenvalue weighted by molar-refractivity contribution is 5.96. The number of fused-ring (bicyclic) bond motifs is 3. The molecule has 4 aromatic carbocycles. The van der Waals surface area contributed by atoms with Crippen LogP contribution in [0.3, 0.4) is 0 Å². The third kappa shape index (κ3) is 4.20. The van der Waals surface area contributed by atoms with Gasteiger partial charge < -0.3 is 24.1 Å². The van der Waals surface area contributed by atoms with Crippen LogP contribution in [-0.4, -0.2) is 62.8 Å². The van der Waals surface area contributed by atoms with E-state index in [0.717, 1.165) is 27.8 Å². The zero-order chi connectivity index (χ0) is 30.3. The van der Waals surface area contributed by atoms with E-state index < -0.39 is 29.6 Å². The quantitative estimate of drug-likeness (QED) is 0.299. The number of hydrogen-bond acceptors (Lipinski definition) is 8. The molecule has 1 aliphatic heterocycles. The number of hydrogen-bond donors (Lipinski definition) is 1. The van der Waals surface area contributed by atoms with Crippen molar-refractivity contribution in [3.05, 3.63) is 113 Å². The molecule has 8 heteroatoms. The fraction of sp³-hybridized carbons (Fsp3) is 0.257. The van der Waals surface area contributed by atoms with Crippen LogP contribution in [0.2, 0.25) is 0 Å². The monoisotopic (exact) mass is 579 g/mol. The van der Waals surface area contributed by atoms with Gasteiger partial charge in [0.1, 0.15) is 6.04 Å². The number of esters is 1. The lowest BCUT2D eigenvalue weighted by Gasteiger charge is -2.44. The Morgan fingerprint density at radius 3 is 1.86 bits per heavy atom. The first-order valence-corrected chi connectivity index (χ1v) is 14.0. The van der Waals surface area contributed by atoms with Crippen LogP contribution in [-0.2, 0) is 19.9 Å². The smallest absolute Gasteiger partial charge is 0.324 e. The van der Waals surface area contributed by atoms with Crippen LogP contribution in [0.1, 0.15) is 28.4 Å². The molecule has 220 valence electrons. The van der Waals surface area contributed by atoms with Gasteiger partial charge in [0.25, 0.3) is 0 Å². The van der Waals surface area contributed by atoms with Gasteiger partial charge in [0.2, 0.25) is 5.75 Å². The van der Waals surface area contributed by atoms with Crippen molar-refractivity contribution < 1.29 is 33.6 Å². The molecule has 43 heavy (non-hydrogen) atoms. The lowest BCUT2D eigenvalue weighted by atomic mass is 9.78. The van der Waals surface area contributed by atoms with Gasteiger partial charge >= 0.3 is 5.97 Å². The number of carbonyl (C=O) groups excluding carboxylic acids is 2. The summed E-state index contributed by atoms with van der Waals surface area (Å²) in [6.45, 7) is -0.0938. The summed E-state index contributed by atoms with van der Waals surface area (Å²) < 4.78 is 21.8. The van der Waals surface area contributed by atoms with Crippen molar-refractivity contribution in [1.29, 1.82) is 0 Å². The van der Waals surface area contributed by atoms with Crippen molar-refractivity contribution in [3.8, 4) is 28.4 Å². The summed E-state index contributed by atoms with van der Waals surface area (Å²) in [5.41, 5.74) is 4.19. The third-order valence-corrected chi connectivity index (χ3v) is 8.73. The van der Waals surface area contributed by atoms with Gasteiger partial charge in [-0.3, -0.25) is 14.5 Å². The summed E-state index contributed by atoms with van der Waals surface area (Å²) >= 11 is 0. The average molecular weight is 580 g/mol. The summed E-state index contributed by atoms with van der Waals surface area (Å²) in [5.74, 6) is -1.03. The van der Waals surface area contributed by atoms with Gasteiger partial charge in [0.15, 0.2) is 17.3 Å². The van der Waals surface area contributed by atoms with E-state index in [4.69, 9.17) is 18.9 Å². The Morgan fingerprint density at radius 2 is 1.35 bits per heavy atom. The molecule has 1 saturated heterocycles. The lowest BCUT2D eigenvalue weighted by Crippen LogP contribution is -2.54. The molecule has 0 unspecified atom stereocenters. The largest absolute Gasteiger partial charge is 0.493 e. The normalized spacial score (nSPS) is 19.3. The molecular formula is C35H33NO7. The van der Waals surface area contributed by atoms with Gasteiger partial charge in [-0.15, -0.1) is 0 Å². The Kier molecular flexibility index (Phi) is 7.42. The van der Waals surface area contributed by atoms with E-state index in [0.29, 0.717) is 22.8 Å². The molecule has 6 rings (SSSR count).